The molecule has 1 atom stereocenters. The number of benzodiazepines with no additional fused rings is 1. The Kier molecular flexibility index (Phi) is 5.95. The molecule has 6 nitrogen and oxygen atoms in total. The molecule has 7 heteroatoms. The topological polar surface area (TPSA) is 83.1 Å². The molecule has 0 saturated heterocycles. The van der Waals surface area contributed by atoms with E-state index in [1.165, 1.54) is 0 Å². The number of carbonyl (C=O) groups is 1. The van der Waals surface area contributed by atoms with Gasteiger partial charge in [0.05, 0.1) is 23.5 Å². The van der Waals surface area contributed by atoms with Gasteiger partial charge in [0.25, 0.3) is 0 Å². The Morgan fingerprint density at radius 3 is 2.61 bits per heavy atom. The van der Waals surface area contributed by atoms with Gasteiger partial charge < -0.3 is 11.2 Å². The van der Waals surface area contributed by atoms with Crippen LogP contribution in [0.5, 0.6) is 0 Å². The highest BCUT2D eigenvalue weighted by Crippen LogP contribution is 2.32. The van der Waals surface area contributed by atoms with E-state index in [9.17, 15) is 4.79 Å². The highest BCUT2D eigenvalue weighted by atomic mass is 32.1. The second-order valence-corrected chi connectivity index (χ2v) is 8.12. The number of aliphatic imine (C=N–C) groups is 1. The van der Waals surface area contributed by atoms with Crippen LogP contribution >= 0.6 is 11.3 Å². The fraction of sp³-hybridized carbons (Fsp3) is 0.125. The molecule has 0 radical (unpaired) electrons. The normalized spacial score (nSPS) is 16.4. The molecular formula is C24H23N5OS. The predicted molar refractivity (Wildman–Crippen MR) is 127 cm³/mol. The minimum absolute atomic E-state index is 0.127. The van der Waals surface area contributed by atoms with Crippen molar-refractivity contribution in [3.05, 3.63) is 100 Å². The number of fused-ring (bicyclic) bond motifs is 1. The van der Waals surface area contributed by atoms with Crippen LogP contribution in [0, 0.1) is 0 Å². The summed E-state index contributed by atoms with van der Waals surface area (Å²) in [6, 6.07) is 21.7. The van der Waals surface area contributed by atoms with Crippen LogP contribution in [0.4, 0.5) is 5.69 Å². The fourth-order valence-electron chi connectivity index (χ4n) is 3.58. The van der Waals surface area contributed by atoms with Crippen LogP contribution in [0.25, 0.3) is 0 Å². The van der Waals surface area contributed by atoms with Crippen LogP contribution < -0.4 is 16.1 Å². The molecule has 0 spiro atoms. The summed E-state index contributed by atoms with van der Waals surface area (Å²) >= 11 is 1.55. The molecule has 31 heavy (non-hydrogen) atoms. The van der Waals surface area contributed by atoms with Gasteiger partial charge in [-0.3, -0.25) is 14.7 Å². The maximum atomic E-state index is 12.8. The van der Waals surface area contributed by atoms with Gasteiger partial charge in [-0.2, -0.15) is 5.10 Å². The smallest absolute Gasteiger partial charge is 0.227 e. The maximum absolute atomic E-state index is 12.8. The van der Waals surface area contributed by atoms with Crippen molar-refractivity contribution >= 4 is 34.5 Å². The molecular weight excluding hydrogens is 406 g/mol. The number of nitrogens with two attached hydrogens (primary N) is 1. The Labute approximate surface area is 185 Å². The van der Waals surface area contributed by atoms with E-state index in [0.717, 1.165) is 27.4 Å². The summed E-state index contributed by atoms with van der Waals surface area (Å²) in [7, 11) is 0. The molecule has 1 unspecified atom stereocenters. The molecule has 3 N–H and O–H groups in total. The highest BCUT2D eigenvalue weighted by Gasteiger charge is 2.30. The Bertz CT molecular complexity index is 1150. The lowest BCUT2D eigenvalue weighted by Gasteiger charge is -2.28. The summed E-state index contributed by atoms with van der Waals surface area (Å²) in [5.74, 6) is 6.07. The molecule has 1 aliphatic heterocycles. The summed E-state index contributed by atoms with van der Waals surface area (Å²) in [6.45, 7) is 6.06. The number of anilines is 1. The number of carbonyl (C=O) groups excluding carboxylic acids is 1. The van der Waals surface area contributed by atoms with E-state index in [4.69, 9.17) is 10.8 Å². The van der Waals surface area contributed by atoms with Crippen molar-refractivity contribution in [1.29, 1.82) is 0 Å². The zero-order chi connectivity index (χ0) is 21.8. The number of amidine groups is 1. The number of hydrogen-bond acceptors (Lipinski definition) is 5. The Morgan fingerprint density at radius 2 is 1.90 bits per heavy atom. The van der Waals surface area contributed by atoms with E-state index in [-0.39, 0.29) is 12.3 Å². The van der Waals surface area contributed by atoms with Crippen molar-refractivity contribution in [1.82, 2.24) is 5.32 Å². The van der Waals surface area contributed by atoms with Crippen LogP contribution in [0.3, 0.4) is 0 Å². The summed E-state index contributed by atoms with van der Waals surface area (Å²) < 4.78 is 0. The van der Waals surface area contributed by atoms with E-state index in [2.05, 4.69) is 17.0 Å². The maximum Gasteiger partial charge on any atom is 0.227 e. The first-order valence-electron chi connectivity index (χ1n) is 9.86. The van der Waals surface area contributed by atoms with Gasteiger partial charge in [0.1, 0.15) is 5.84 Å². The lowest BCUT2D eigenvalue weighted by Crippen LogP contribution is -2.42. The van der Waals surface area contributed by atoms with E-state index < -0.39 is 6.17 Å². The van der Waals surface area contributed by atoms with E-state index in [1.54, 1.807) is 18.3 Å². The number of nitrogens with one attached hydrogen (secondary N) is 1. The number of thiophene rings is 1. The average molecular weight is 430 g/mol. The van der Waals surface area contributed by atoms with Crippen molar-refractivity contribution in [2.45, 2.75) is 19.5 Å². The van der Waals surface area contributed by atoms with Gasteiger partial charge in [0.15, 0.2) is 6.17 Å². The van der Waals surface area contributed by atoms with E-state index in [1.807, 2.05) is 77.0 Å². The number of hydrogen-bond donors (Lipinski definition) is 2. The van der Waals surface area contributed by atoms with Crippen LogP contribution in [-0.4, -0.2) is 23.6 Å². The average Bonchev–Trinajstić information content (AvgIpc) is 3.26. The van der Waals surface area contributed by atoms with Crippen LogP contribution in [0.15, 0.2) is 94.5 Å². The number of hydrazone groups is 1. The number of nitrogens with zero attached hydrogens (tertiary/aromatic N) is 3. The molecule has 0 saturated carbocycles. The van der Waals surface area contributed by atoms with Crippen LogP contribution in [0.2, 0.25) is 0 Å². The molecule has 1 aliphatic rings. The molecule has 2 heterocycles. The van der Waals surface area contributed by atoms with Gasteiger partial charge in [-0.05, 0) is 24.4 Å². The first-order chi connectivity index (χ1) is 15.1. The van der Waals surface area contributed by atoms with Gasteiger partial charge in [-0.25, -0.2) is 0 Å². The van der Waals surface area contributed by atoms with E-state index in [0.29, 0.717) is 11.5 Å². The molecule has 0 aliphatic carbocycles. The standard InChI is InChI=1S/C24H23N5OS/c1-16-24(26-22(30)15-19-11-8-14-31-19)27-23(18-9-4-3-5-10-18)20-12-6-7-13-21(20)29(16)17(2)28-25/h3-14,24H,1,15,25H2,2H3,(H,26,30)/b28-17-. The third-order valence-electron chi connectivity index (χ3n) is 5.03. The Balaban J connectivity index is 1.80. The number of rotatable bonds is 4. The van der Waals surface area contributed by atoms with Gasteiger partial charge in [0, 0.05) is 16.0 Å². The number of amides is 1. The summed E-state index contributed by atoms with van der Waals surface area (Å²) in [5.41, 5.74) is 4.06. The van der Waals surface area contributed by atoms with Gasteiger partial charge >= 0.3 is 0 Å². The number of para-hydroxylation sites is 1. The number of benzene rings is 2. The fourth-order valence-corrected chi connectivity index (χ4v) is 4.28. The first kappa shape index (κ1) is 20.6. The Morgan fingerprint density at radius 1 is 1.16 bits per heavy atom. The van der Waals surface area contributed by atoms with Crippen molar-refractivity contribution in [2.75, 3.05) is 4.90 Å². The van der Waals surface area contributed by atoms with Gasteiger partial charge in [-0.15, -0.1) is 11.3 Å². The molecule has 1 amide bonds. The molecule has 156 valence electrons. The lowest BCUT2D eigenvalue weighted by atomic mass is 10.0. The Hall–Kier alpha value is -3.71. The third-order valence-corrected chi connectivity index (χ3v) is 5.91. The van der Waals surface area contributed by atoms with Crippen molar-refractivity contribution < 1.29 is 4.79 Å². The first-order valence-corrected chi connectivity index (χ1v) is 10.7. The van der Waals surface area contributed by atoms with Crippen LogP contribution in [0.1, 0.15) is 22.9 Å². The highest BCUT2D eigenvalue weighted by molar-refractivity contribution is 7.10. The minimum atomic E-state index is -0.674. The zero-order valence-electron chi connectivity index (χ0n) is 17.2. The molecule has 3 aromatic rings. The lowest BCUT2D eigenvalue weighted by molar-refractivity contribution is -0.120. The largest absolute Gasteiger partial charge is 0.329 e. The van der Waals surface area contributed by atoms with Gasteiger partial charge in [-0.1, -0.05) is 61.2 Å². The SMILES string of the molecule is C=C1C(NC(=O)Cc2cccs2)N=C(c2ccccc2)c2ccccc2N1/C(C)=N\N. The van der Waals surface area contributed by atoms with Gasteiger partial charge in [0.2, 0.25) is 5.91 Å². The quantitative estimate of drug-likeness (QED) is 0.286. The predicted octanol–water partition coefficient (Wildman–Crippen LogP) is 3.90. The van der Waals surface area contributed by atoms with Crippen molar-refractivity contribution in [2.24, 2.45) is 15.9 Å². The van der Waals surface area contributed by atoms with Crippen LogP contribution in [-0.2, 0) is 11.2 Å². The summed E-state index contributed by atoms with van der Waals surface area (Å²) in [4.78, 5) is 20.6. The minimum Gasteiger partial charge on any atom is -0.329 e. The second-order valence-electron chi connectivity index (χ2n) is 7.09. The van der Waals surface area contributed by atoms with Crippen molar-refractivity contribution in [3.63, 3.8) is 0 Å². The molecule has 1 aromatic heterocycles. The van der Waals surface area contributed by atoms with Crippen molar-refractivity contribution in [3.8, 4) is 0 Å². The monoisotopic (exact) mass is 429 g/mol. The third kappa shape index (κ3) is 4.27. The molecule has 0 fully saturated rings. The zero-order valence-corrected chi connectivity index (χ0v) is 18.0. The summed E-state index contributed by atoms with van der Waals surface area (Å²) in [5, 5.41) is 8.89. The molecule has 0 bridgehead atoms. The molecule has 2 aromatic carbocycles. The summed E-state index contributed by atoms with van der Waals surface area (Å²) in [6.07, 6.45) is -0.388. The second kappa shape index (κ2) is 8.97. The molecule has 4 rings (SSSR count). The van der Waals surface area contributed by atoms with E-state index >= 15 is 0 Å².